The molecule has 21 heavy (non-hydrogen) atoms. The van der Waals surface area contributed by atoms with Gasteiger partial charge in [0.2, 0.25) is 0 Å². The van der Waals surface area contributed by atoms with E-state index in [9.17, 15) is 9.90 Å². The van der Waals surface area contributed by atoms with Gasteiger partial charge in [-0.05, 0) is 23.3 Å². The molecule has 2 N–H and O–H groups in total. The summed E-state index contributed by atoms with van der Waals surface area (Å²) in [5.74, 6) is -2.30. The van der Waals surface area contributed by atoms with Crippen LogP contribution in [-0.2, 0) is 4.79 Å². The molecule has 2 aromatic carbocycles. The molecule has 2 aromatic rings. The molecule has 3 nitrogen and oxygen atoms in total. The molecule has 0 aliphatic carbocycles. The van der Waals surface area contributed by atoms with Crippen molar-refractivity contribution in [2.75, 3.05) is 0 Å². The third-order valence-corrected chi connectivity index (χ3v) is 3.73. The summed E-state index contributed by atoms with van der Waals surface area (Å²) in [7, 11) is 0. The smallest absolute Gasteiger partial charge is 0.318 e. The zero-order valence-corrected chi connectivity index (χ0v) is 12.5. The van der Waals surface area contributed by atoms with Crippen LogP contribution in [0.3, 0.4) is 0 Å². The molecule has 0 aromatic heterocycles. The molecule has 0 spiro atoms. The quantitative estimate of drug-likeness (QED) is 0.500. The summed E-state index contributed by atoms with van der Waals surface area (Å²) in [6, 6.07) is 15.4. The Bertz CT molecular complexity index is 683. The van der Waals surface area contributed by atoms with Crippen molar-refractivity contribution in [3.8, 4) is 0 Å². The van der Waals surface area contributed by atoms with Crippen molar-refractivity contribution in [3.05, 3.63) is 70.7 Å². The van der Waals surface area contributed by atoms with E-state index in [0.29, 0.717) is 16.1 Å². The van der Waals surface area contributed by atoms with Crippen LogP contribution in [0.4, 0.5) is 0 Å². The number of halogens is 1. The van der Waals surface area contributed by atoms with Crippen molar-refractivity contribution in [2.24, 2.45) is 5.92 Å². The van der Waals surface area contributed by atoms with Gasteiger partial charge in [-0.2, -0.15) is 0 Å². The predicted octanol–water partition coefficient (Wildman–Crippen LogP) is 3.83. The Kier molecular flexibility index (Phi) is 4.83. The second kappa shape index (κ2) is 6.61. The van der Waals surface area contributed by atoms with E-state index >= 15 is 0 Å². The number of carbonyl (C=O) groups is 1. The summed E-state index contributed by atoms with van der Waals surface area (Å²) in [6.07, 6.45) is 0. The lowest BCUT2D eigenvalue weighted by Crippen LogP contribution is -2.31. The van der Waals surface area contributed by atoms with Gasteiger partial charge in [-0.1, -0.05) is 66.3 Å². The summed E-state index contributed by atoms with van der Waals surface area (Å²) >= 11 is 11.1. The van der Waals surface area contributed by atoms with Gasteiger partial charge in [-0.15, -0.1) is 0 Å². The van der Waals surface area contributed by atoms with Crippen LogP contribution in [0.15, 0.2) is 54.6 Å². The molecular weight excluding hydrogens is 306 g/mol. The third-order valence-electron chi connectivity index (χ3n) is 3.01. The number of benzene rings is 2. The number of nitrogens with one attached hydrogen (secondary N) is 1. The van der Waals surface area contributed by atoms with Crippen molar-refractivity contribution < 1.29 is 9.90 Å². The van der Waals surface area contributed by atoms with Crippen molar-refractivity contribution in [2.45, 2.75) is 0 Å². The Morgan fingerprint density at radius 2 is 1.62 bits per heavy atom. The Morgan fingerprint density at radius 1 is 1.05 bits per heavy atom. The summed E-state index contributed by atoms with van der Waals surface area (Å²) in [6.45, 7) is 0. The average molecular weight is 318 g/mol. The highest BCUT2D eigenvalue weighted by Gasteiger charge is 2.29. The fourth-order valence-corrected chi connectivity index (χ4v) is 2.41. The third kappa shape index (κ3) is 3.54. The molecule has 0 radical (unpaired) electrons. The standard InChI is InChI=1S/C16H12ClNO2S/c17-12-8-6-10(7-9-12)14(18)13(16(19)20)15(21)11-4-2-1-3-5-11/h1-9,13,18H,(H,19,20). The minimum Gasteiger partial charge on any atom is -0.480 e. The van der Waals surface area contributed by atoms with Crippen LogP contribution >= 0.6 is 23.8 Å². The van der Waals surface area contributed by atoms with Crippen molar-refractivity contribution in [1.82, 2.24) is 0 Å². The highest BCUT2D eigenvalue weighted by atomic mass is 35.5. The lowest BCUT2D eigenvalue weighted by Gasteiger charge is -2.15. The molecule has 0 fully saturated rings. The Morgan fingerprint density at radius 3 is 2.14 bits per heavy atom. The number of aliphatic carboxylic acids is 1. The molecule has 106 valence electrons. The highest BCUT2D eigenvalue weighted by Crippen LogP contribution is 2.18. The minimum atomic E-state index is -1.16. The van der Waals surface area contributed by atoms with E-state index < -0.39 is 11.9 Å². The maximum atomic E-state index is 11.5. The van der Waals surface area contributed by atoms with Crippen LogP contribution in [0.5, 0.6) is 0 Å². The average Bonchev–Trinajstić information content (AvgIpc) is 2.48. The van der Waals surface area contributed by atoms with E-state index in [1.54, 1.807) is 48.5 Å². The number of hydrogen-bond donors (Lipinski definition) is 2. The van der Waals surface area contributed by atoms with Crippen molar-refractivity contribution in [3.63, 3.8) is 0 Å². The summed E-state index contributed by atoms with van der Waals surface area (Å²) in [5, 5.41) is 18.1. The molecule has 0 aliphatic heterocycles. The number of carboxylic acids is 1. The van der Waals surface area contributed by atoms with Crippen LogP contribution in [-0.4, -0.2) is 21.7 Å². The topological polar surface area (TPSA) is 61.2 Å². The Hall–Kier alpha value is -2.04. The molecule has 0 saturated heterocycles. The van der Waals surface area contributed by atoms with Gasteiger partial charge >= 0.3 is 5.97 Å². The fourth-order valence-electron chi connectivity index (χ4n) is 1.93. The van der Waals surface area contributed by atoms with Gasteiger partial charge < -0.3 is 10.5 Å². The molecule has 0 heterocycles. The van der Waals surface area contributed by atoms with Crippen molar-refractivity contribution in [1.29, 1.82) is 5.41 Å². The number of rotatable bonds is 5. The zero-order chi connectivity index (χ0) is 15.4. The summed E-state index contributed by atoms with van der Waals surface area (Å²) in [5.41, 5.74) is 1.08. The first kappa shape index (κ1) is 15.4. The van der Waals surface area contributed by atoms with E-state index in [0.717, 1.165) is 0 Å². The van der Waals surface area contributed by atoms with E-state index in [-0.39, 0.29) is 10.6 Å². The molecule has 0 aliphatic rings. The van der Waals surface area contributed by atoms with Gasteiger partial charge in [-0.3, -0.25) is 4.79 Å². The number of carboxylic acid groups (broad SMARTS) is 1. The summed E-state index contributed by atoms with van der Waals surface area (Å²) < 4.78 is 0. The SMILES string of the molecule is N=C(c1ccc(Cl)cc1)C(C(=O)O)C(=S)c1ccccc1. The van der Waals surface area contributed by atoms with Crippen molar-refractivity contribution >= 4 is 40.4 Å². The lowest BCUT2D eigenvalue weighted by molar-refractivity contribution is -0.137. The lowest BCUT2D eigenvalue weighted by atomic mass is 9.90. The first-order valence-corrected chi connectivity index (χ1v) is 6.96. The molecular formula is C16H12ClNO2S. The second-order valence-corrected chi connectivity index (χ2v) is 5.30. The highest BCUT2D eigenvalue weighted by molar-refractivity contribution is 7.81. The van der Waals surface area contributed by atoms with E-state index in [1.165, 1.54) is 0 Å². The maximum Gasteiger partial charge on any atom is 0.318 e. The number of thiocarbonyl (C=S) groups is 1. The fraction of sp³-hybridized carbons (Fsp3) is 0.0625. The van der Waals surface area contributed by atoms with Gasteiger partial charge in [0.15, 0.2) is 0 Å². The van der Waals surface area contributed by atoms with Gasteiger partial charge in [0.25, 0.3) is 0 Å². The first-order valence-electron chi connectivity index (χ1n) is 6.17. The van der Waals surface area contributed by atoms with Crippen LogP contribution in [0, 0.1) is 11.3 Å². The normalized spacial score (nSPS) is 11.7. The Balaban J connectivity index is 2.35. The predicted molar refractivity (Wildman–Crippen MR) is 87.5 cm³/mol. The minimum absolute atomic E-state index is 0.0481. The van der Waals surface area contributed by atoms with Crippen LogP contribution < -0.4 is 0 Å². The first-order chi connectivity index (χ1) is 10.0. The van der Waals surface area contributed by atoms with Gasteiger partial charge in [-0.25, -0.2) is 0 Å². The van der Waals surface area contributed by atoms with Crippen LogP contribution in [0.1, 0.15) is 11.1 Å². The molecule has 2 rings (SSSR count). The maximum absolute atomic E-state index is 11.5. The largest absolute Gasteiger partial charge is 0.480 e. The van der Waals surface area contributed by atoms with Gasteiger partial charge in [0.05, 0.1) is 5.71 Å². The van der Waals surface area contributed by atoms with Crippen LogP contribution in [0.25, 0.3) is 0 Å². The molecule has 0 bridgehead atoms. The molecule has 0 saturated carbocycles. The second-order valence-electron chi connectivity index (χ2n) is 4.42. The van der Waals surface area contributed by atoms with E-state index in [4.69, 9.17) is 29.2 Å². The van der Waals surface area contributed by atoms with E-state index in [2.05, 4.69) is 0 Å². The molecule has 5 heteroatoms. The van der Waals surface area contributed by atoms with E-state index in [1.807, 2.05) is 6.07 Å². The molecule has 1 atom stereocenters. The van der Waals surface area contributed by atoms with Gasteiger partial charge in [0.1, 0.15) is 5.92 Å². The zero-order valence-electron chi connectivity index (χ0n) is 10.9. The monoisotopic (exact) mass is 317 g/mol. The molecule has 1 unspecified atom stereocenters. The van der Waals surface area contributed by atoms with Gasteiger partial charge in [0, 0.05) is 9.89 Å². The molecule has 0 amide bonds. The Labute approximate surface area is 132 Å². The van der Waals surface area contributed by atoms with Crippen LogP contribution in [0.2, 0.25) is 5.02 Å². The number of hydrogen-bond acceptors (Lipinski definition) is 3. The summed E-state index contributed by atoms with van der Waals surface area (Å²) in [4.78, 5) is 11.8.